The van der Waals surface area contributed by atoms with Crippen molar-refractivity contribution in [3.8, 4) is 0 Å². The first-order valence-electron chi connectivity index (χ1n) is 7.58. The lowest BCUT2D eigenvalue weighted by Crippen LogP contribution is -2.37. The topological polar surface area (TPSA) is 110 Å². The lowest BCUT2D eigenvalue weighted by Gasteiger charge is -2.16. The summed E-state index contributed by atoms with van der Waals surface area (Å²) in [6.45, 7) is 0. The van der Waals surface area contributed by atoms with Gasteiger partial charge in [-0.2, -0.15) is 0 Å². The standard InChI is InChI=1S/C18H13NO7/c20-15-13(25-17(22)11-7-3-1-4-8-11)14(16(21)19(15)24)26-18(23)12-9-5-2-6-10-12/h1-10,13-14,24H/t13-,14-/m1/s1. The van der Waals surface area contributed by atoms with E-state index in [0.29, 0.717) is 0 Å². The van der Waals surface area contributed by atoms with Gasteiger partial charge >= 0.3 is 11.9 Å². The van der Waals surface area contributed by atoms with E-state index in [2.05, 4.69) is 0 Å². The number of rotatable bonds is 4. The molecule has 0 bridgehead atoms. The molecule has 132 valence electrons. The maximum atomic E-state index is 12.1. The van der Waals surface area contributed by atoms with Gasteiger partial charge in [0.1, 0.15) is 0 Å². The molecule has 0 spiro atoms. The van der Waals surface area contributed by atoms with E-state index in [1.807, 2.05) is 0 Å². The molecule has 1 N–H and O–H groups in total. The van der Waals surface area contributed by atoms with E-state index in [0.717, 1.165) is 0 Å². The van der Waals surface area contributed by atoms with Gasteiger partial charge in [-0.25, -0.2) is 9.59 Å². The summed E-state index contributed by atoms with van der Waals surface area (Å²) >= 11 is 0. The van der Waals surface area contributed by atoms with E-state index < -0.39 is 36.0 Å². The van der Waals surface area contributed by atoms with E-state index in [-0.39, 0.29) is 16.2 Å². The summed E-state index contributed by atoms with van der Waals surface area (Å²) < 4.78 is 10.0. The molecule has 0 saturated carbocycles. The van der Waals surface area contributed by atoms with Crippen molar-refractivity contribution in [1.29, 1.82) is 0 Å². The first-order chi connectivity index (χ1) is 12.5. The zero-order chi connectivity index (χ0) is 18.7. The number of hydroxylamine groups is 2. The number of nitrogens with zero attached hydrogens (tertiary/aromatic N) is 1. The van der Waals surface area contributed by atoms with Gasteiger partial charge in [0.15, 0.2) is 0 Å². The Kier molecular flexibility index (Phi) is 4.76. The molecular formula is C18H13NO7. The van der Waals surface area contributed by atoms with Crippen LogP contribution in [-0.2, 0) is 19.1 Å². The second-order valence-electron chi connectivity index (χ2n) is 5.37. The van der Waals surface area contributed by atoms with Gasteiger partial charge in [0.2, 0.25) is 12.2 Å². The van der Waals surface area contributed by atoms with Gasteiger partial charge in [0.05, 0.1) is 11.1 Å². The van der Waals surface area contributed by atoms with E-state index >= 15 is 0 Å². The molecule has 0 radical (unpaired) electrons. The van der Waals surface area contributed by atoms with Crippen LogP contribution in [0.4, 0.5) is 0 Å². The fourth-order valence-corrected chi connectivity index (χ4v) is 2.35. The maximum absolute atomic E-state index is 12.1. The number of benzene rings is 2. The van der Waals surface area contributed by atoms with Crippen molar-refractivity contribution in [2.24, 2.45) is 0 Å². The summed E-state index contributed by atoms with van der Waals surface area (Å²) in [5.41, 5.74) is 0.273. The second kappa shape index (κ2) is 7.16. The molecule has 1 heterocycles. The highest BCUT2D eigenvalue weighted by Crippen LogP contribution is 2.21. The van der Waals surface area contributed by atoms with Crippen LogP contribution in [0.1, 0.15) is 20.7 Å². The Bertz CT molecular complexity index is 779. The van der Waals surface area contributed by atoms with Crippen molar-refractivity contribution >= 4 is 23.8 Å². The van der Waals surface area contributed by atoms with Crippen LogP contribution in [0.2, 0.25) is 0 Å². The molecule has 0 aliphatic carbocycles. The molecule has 8 nitrogen and oxygen atoms in total. The summed E-state index contributed by atoms with van der Waals surface area (Å²) in [6.07, 6.45) is -3.54. The molecule has 2 atom stereocenters. The summed E-state index contributed by atoms with van der Waals surface area (Å²) in [7, 11) is 0. The minimum absolute atomic E-state index is 0.136. The molecule has 3 rings (SSSR count). The number of hydrogen-bond donors (Lipinski definition) is 1. The van der Waals surface area contributed by atoms with Crippen molar-refractivity contribution in [3.05, 3.63) is 71.8 Å². The van der Waals surface area contributed by atoms with E-state index in [1.165, 1.54) is 24.3 Å². The number of carbonyl (C=O) groups excluding carboxylic acids is 4. The lowest BCUT2D eigenvalue weighted by atomic mass is 10.2. The monoisotopic (exact) mass is 355 g/mol. The van der Waals surface area contributed by atoms with Gasteiger partial charge in [0.25, 0.3) is 11.8 Å². The Morgan fingerprint density at radius 3 is 1.42 bits per heavy atom. The Morgan fingerprint density at radius 2 is 1.08 bits per heavy atom. The van der Waals surface area contributed by atoms with E-state index in [1.54, 1.807) is 36.4 Å². The number of amides is 2. The molecule has 1 aliphatic heterocycles. The molecule has 0 unspecified atom stereocenters. The van der Waals surface area contributed by atoms with Gasteiger partial charge < -0.3 is 9.47 Å². The number of imide groups is 1. The third-order valence-electron chi connectivity index (χ3n) is 3.67. The van der Waals surface area contributed by atoms with Gasteiger partial charge in [0, 0.05) is 0 Å². The van der Waals surface area contributed by atoms with Gasteiger partial charge in [-0.3, -0.25) is 14.8 Å². The normalized spacial score (nSPS) is 19.3. The fraction of sp³-hybridized carbons (Fsp3) is 0.111. The number of ether oxygens (including phenoxy) is 2. The fourth-order valence-electron chi connectivity index (χ4n) is 2.35. The molecular weight excluding hydrogens is 342 g/mol. The minimum Gasteiger partial charge on any atom is -0.444 e. The van der Waals surface area contributed by atoms with Gasteiger partial charge in [-0.15, -0.1) is 5.06 Å². The Morgan fingerprint density at radius 1 is 0.731 bits per heavy atom. The summed E-state index contributed by atoms with van der Waals surface area (Å²) in [6, 6.07) is 15.5. The molecule has 2 aromatic rings. The first kappa shape index (κ1) is 17.3. The number of hydrogen-bond acceptors (Lipinski definition) is 7. The van der Waals surface area contributed by atoms with E-state index in [4.69, 9.17) is 9.47 Å². The molecule has 1 aliphatic rings. The Labute approximate surface area is 147 Å². The minimum atomic E-state index is -1.77. The van der Waals surface area contributed by atoms with Crippen LogP contribution in [0, 0.1) is 0 Å². The largest absolute Gasteiger partial charge is 0.444 e. The predicted molar refractivity (Wildman–Crippen MR) is 84.9 cm³/mol. The zero-order valence-electron chi connectivity index (χ0n) is 13.3. The highest BCUT2D eigenvalue weighted by atomic mass is 16.6. The van der Waals surface area contributed by atoms with Crippen LogP contribution >= 0.6 is 0 Å². The zero-order valence-corrected chi connectivity index (χ0v) is 13.3. The number of esters is 2. The average molecular weight is 355 g/mol. The average Bonchev–Trinajstić information content (AvgIpc) is 2.87. The molecule has 8 heteroatoms. The van der Waals surface area contributed by atoms with Crippen LogP contribution in [0.15, 0.2) is 60.7 Å². The van der Waals surface area contributed by atoms with Gasteiger partial charge in [-0.05, 0) is 24.3 Å². The van der Waals surface area contributed by atoms with Crippen molar-refractivity contribution in [1.82, 2.24) is 5.06 Å². The van der Waals surface area contributed by atoms with Crippen molar-refractivity contribution in [2.75, 3.05) is 0 Å². The van der Waals surface area contributed by atoms with Crippen molar-refractivity contribution in [2.45, 2.75) is 12.2 Å². The number of carbonyl (C=O) groups is 4. The highest BCUT2D eigenvalue weighted by Gasteiger charge is 2.53. The second-order valence-corrected chi connectivity index (χ2v) is 5.37. The third kappa shape index (κ3) is 3.31. The molecule has 1 fully saturated rings. The lowest BCUT2D eigenvalue weighted by molar-refractivity contribution is -0.174. The molecule has 2 aromatic carbocycles. The highest BCUT2D eigenvalue weighted by molar-refractivity contribution is 6.09. The first-order valence-corrected chi connectivity index (χ1v) is 7.58. The molecule has 0 aromatic heterocycles. The van der Waals surface area contributed by atoms with Crippen LogP contribution in [0.25, 0.3) is 0 Å². The van der Waals surface area contributed by atoms with Crippen molar-refractivity contribution in [3.63, 3.8) is 0 Å². The summed E-state index contributed by atoms with van der Waals surface area (Å²) in [5.74, 6) is -4.17. The molecule has 1 saturated heterocycles. The van der Waals surface area contributed by atoms with Crippen LogP contribution < -0.4 is 0 Å². The molecule has 26 heavy (non-hydrogen) atoms. The summed E-state index contributed by atoms with van der Waals surface area (Å²) in [4.78, 5) is 48.3. The molecule has 2 amide bonds. The Hall–Kier alpha value is -3.52. The van der Waals surface area contributed by atoms with Crippen LogP contribution in [-0.4, -0.2) is 46.2 Å². The van der Waals surface area contributed by atoms with Crippen molar-refractivity contribution < 1.29 is 33.9 Å². The SMILES string of the molecule is O=C(O[C@H]1C(=O)N(O)C(=O)[C@@H]1OC(=O)c1ccccc1)c1ccccc1. The third-order valence-corrected chi connectivity index (χ3v) is 3.67. The van der Waals surface area contributed by atoms with E-state index in [9.17, 15) is 24.4 Å². The van der Waals surface area contributed by atoms with Gasteiger partial charge in [-0.1, -0.05) is 36.4 Å². The predicted octanol–water partition coefficient (Wildman–Crippen LogP) is 1.20. The smallest absolute Gasteiger partial charge is 0.339 e. The maximum Gasteiger partial charge on any atom is 0.339 e. The van der Waals surface area contributed by atoms with Crippen LogP contribution in [0.5, 0.6) is 0 Å². The quantitative estimate of drug-likeness (QED) is 0.498. The Balaban J connectivity index is 1.80. The van der Waals surface area contributed by atoms with Crippen LogP contribution in [0.3, 0.4) is 0 Å². The summed E-state index contributed by atoms with van der Waals surface area (Å²) in [5, 5.41) is 9.31.